The zero-order chi connectivity index (χ0) is 10.4. The number of carbonyl (C=O) groups is 1. The zero-order valence-electron chi connectivity index (χ0n) is 8.24. The molecule has 0 saturated heterocycles. The van der Waals surface area contributed by atoms with Gasteiger partial charge in [-0.1, -0.05) is 17.8 Å². The van der Waals surface area contributed by atoms with Gasteiger partial charge in [0.05, 0.1) is 12.3 Å². The SMILES string of the molecule is CCCc1nnsc1C(=O)NOCC. The summed E-state index contributed by atoms with van der Waals surface area (Å²) in [6, 6.07) is 0. The van der Waals surface area contributed by atoms with E-state index in [4.69, 9.17) is 4.84 Å². The fourth-order valence-corrected chi connectivity index (χ4v) is 1.56. The number of hydrogen-bond acceptors (Lipinski definition) is 5. The van der Waals surface area contributed by atoms with Crippen LogP contribution < -0.4 is 5.48 Å². The summed E-state index contributed by atoms with van der Waals surface area (Å²) in [5.41, 5.74) is 3.07. The minimum atomic E-state index is -0.259. The van der Waals surface area contributed by atoms with Crippen LogP contribution in [0, 0.1) is 0 Å². The van der Waals surface area contributed by atoms with Gasteiger partial charge in [0, 0.05) is 0 Å². The van der Waals surface area contributed by atoms with Crippen molar-refractivity contribution in [3.63, 3.8) is 0 Å². The topological polar surface area (TPSA) is 64.1 Å². The predicted molar refractivity (Wildman–Crippen MR) is 53.0 cm³/mol. The van der Waals surface area contributed by atoms with Crippen LogP contribution in [0.25, 0.3) is 0 Å². The van der Waals surface area contributed by atoms with Gasteiger partial charge in [-0.3, -0.25) is 9.63 Å². The number of hydrogen-bond donors (Lipinski definition) is 1. The smallest absolute Gasteiger partial charge is 0.274 e. The summed E-state index contributed by atoms with van der Waals surface area (Å²) in [4.78, 5) is 16.8. The number of amides is 1. The van der Waals surface area contributed by atoms with E-state index in [0.717, 1.165) is 30.1 Å². The fourth-order valence-electron chi connectivity index (χ4n) is 0.966. The van der Waals surface area contributed by atoms with Crippen LogP contribution in [-0.4, -0.2) is 22.1 Å². The van der Waals surface area contributed by atoms with E-state index in [0.29, 0.717) is 11.5 Å². The van der Waals surface area contributed by atoms with Crippen molar-refractivity contribution in [1.29, 1.82) is 0 Å². The lowest BCUT2D eigenvalue weighted by Gasteiger charge is -2.01. The van der Waals surface area contributed by atoms with Crippen LogP contribution >= 0.6 is 11.5 Å². The molecule has 6 heteroatoms. The average molecular weight is 215 g/mol. The van der Waals surface area contributed by atoms with Gasteiger partial charge in [0.1, 0.15) is 4.88 Å². The second-order valence-corrected chi connectivity index (χ2v) is 3.42. The number of nitrogens with one attached hydrogen (secondary N) is 1. The molecule has 0 atom stereocenters. The first kappa shape index (κ1) is 11.1. The summed E-state index contributed by atoms with van der Waals surface area (Å²) in [6.45, 7) is 4.28. The van der Waals surface area contributed by atoms with Crippen molar-refractivity contribution < 1.29 is 9.63 Å². The van der Waals surface area contributed by atoms with Crippen LogP contribution in [-0.2, 0) is 11.3 Å². The molecule has 0 bridgehead atoms. The Labute approximate surface area is 86.6 Å². The van der Waals surface area contributed by atoms with Crippen LogP contribution in [0.5, 0.6) is 0 Å². The minimum Gasteiger partial charge on any atom is -0.274 e. The molecule has 5 nitrogen and oxygen atoms in total. The summed E-state index contributed by atoms with van der Waals surface area (Å²) in [5.74, 6) is -0.259. The Kier molecular flexibility index (Phi) is 4.48. The second kappa shape index (κ2) is 5.66. The molecule has 0 unspecified atom stereocenters. The van der Waals surface area contributed by atoms with Crippen molar-refractivity contribution in [2.75, 3.05) is 6.61 Å². The number of nitrogens with zero attached hydrogens (tertiary/aromatic N) is 2. The molecule has 1 N–H and O–H groups in total. The van der Waals surface area contributed by atoms with Gasteiger partial charge in [0.2, 0.25) is 0 Å². The molecule has 1 heterocycles. The predicted octanol–water partition coefficient (Wildman–Crippen LogP) is 1.17. The fraction of sp³-hybridized carbons (Fsp3) is 0.625. The van der Waals surface area contributed by atoms with Crippen molar-refractivity contribution in [2.45, 2.75) is 26.7 Å². The van der Waals surface area contributed by atoms with E-state index in [9.17, 15) is 4.79 Å². The average Bonchev–Trinajstić information content (AvgIpc) is 2.63. The maximum absolute atomic E-state index is 11.5. The van der Waals surface area contributed by atoms with E-state index < -0.39 is 0 Å². The van der Waals surface area contributed by atoms with Crippen molar-refractivity contribution >= 4 is 17.4 Å². The molecular weight excluding hydrogens is 202 g/mol. The van der Waals surface area contributed by atoms with E-state index in [1.165, 1.54) is 0 Å². The number of rotatable bonds is 5. The van der Waals surface area contributed by atoms with E-state index in [-0.39, 0.29) is 5.91 Å². The number of carbonyl (C=O) groups excluding carboxylic acids is 1. The van der Waals surface area contributed by atoms with Crippen molar-refractivity contribution in [3.8, 4) is 0 Å². The van der Waals surface area contributed by atoms with Gasteiger partial charge in [-0.05, 0) is 24.9 Å². The van der Waals surface area contributed by atoms with Gasteiger partial charge in [0.25, 0.3) is 5.91 Å². The number of aromatic nitrogens is 2. The van der Waals surface area contributed by atoms with E-state index >= 15 is 0 Å². The lowest BCUT2D eigenvalue weighted by Crippen LogP contribution is -2.23. The third kappa shape index (κ3) is 2.74. The summed E-state index contributed by atoms with van der Waals surface area (Å²) < 4.78 is 3.75. The quantitative estimate of drug-likeness (QED) is 0.749. The van der Waals surface area contributed by atoms with Gasteiger partial charge >= 0.3 is 0 Å². The standard InChI is InChI=1S/C8H13N3O2S/c1-3-5-6-7(14-11-9-6)8(12)10-13-4-2/h3-5H2,1-2H3,(H,10,12). The van der Waals surface area contributed by atoms with Crippen molar-refractivity contribution in [3.05, 3.63) is 10.6 Å². The molecule has 78 valence electrons. The highest BCUT2D eigenvalue weighted by Crippen LogP contribution is 2.11. The van der Waals surface area contributed by atoms with Gasteiger partial charge in [-0.2, -0.15) is 0 Å². The van der Waals surface area contributed by atoms with Crippen LogP contribution in [0.1, 0.15) is 35.6 Å². The third-order valence-corrected chi connectivity index (χ3v) is 2.32. The first-order valence-corrected chi connectivity index (χ1v) is 5.30. The zero-order valence-corrected chi connectivity index (χ0v) is 9.06. The number of aryl methyl sites for hydroxylation is 1. The number of hydroxylamine groups is 1. The molecule has 0 aliphatic rings. The van der Waals surface area contributed by atoms with Crippen molar-refractivity contribution in [2.24, 2.45) is 0 Å². The molecule has 0 radical (unpaired) electrons. The van der Waals surface area contributed by atoms with E-state index in [1.54, 1.807) is 6.92 Å². The lowest BCUT2D eigenvalue weighted by atomic mass is 10.2. The molecule has 0 fully saturated rings. The van der Waals surface area contributed by atoms with Crippen LogP contribution in [0.15, 0.2) is 0 Å². The normalized spacial score (nSPS) is 10.1. The van der Waals surface area contributed by atoms with Gasteiger partial charge < -0.3 is 0 Å². The lowest BCUT2D eigenvalue weighted by molar-refractivity contribution is 0.0367. The highest BCUT2D eigenvalue weighted by atomic mass is 32.1. The third-order valence-electron chi connectivity index (χ3n) is 1.56. The highest BCUT2D eigenvalue weighted by Gasteiger charge is 2.15. The Morgan fingerprint density at radius 3 is 3.00 bits per heavy atom. The summed E-state index contributed by atoms with van der Waals surface area (Å²) in [7, 11) is 0. The highest BCUT2D eigenvalue weighted by molar-refractivity contribution is 7.07. The van der Waals surface area contributed by atoms with Gasteiger partial charge in [0.15, 0.2) is 0 Å². The van der Waals surface area contributed by atoms with Gasteiger partial charge in [-0.25, -0.2) is 5.48 Å². The Balaban J connectivity index is 2.63. The molecule has 1 amide bonds. The summed E-state index contributed by atoms with van der Waals surface area (Å²) in [5, 5.41) is 3.89. The largest absolute Gasteiger partial charge is 0.288 e. The Bertz CT molecular complexity index is 301. The molecule has 1 aromatic rings. The molecule has 0 aromatic carbocycles. The molecule has 1 aromatic heterocycles. The Morgan fingerprint density at radius 2 is 2.36 bits per heavy atom. The Morgan fingerprint density at radius 1 is 1.57 bits per heavy atom. The summed E-state index contributed by atoms with van der Waals surface area (Å²) >= 11 is 1.09. The van der Waals surface area contributed by atoms with Crippen LogP contribution in [0.4, 0.5) is 0 Å². The molecule has 1 rings (SSSR count). The minimum absolute atomic E-state index is 0.259. The summed E-state index contributed by atoms with van der Waals surface area (Å²) in [6.07, 6.45) is 1.71. The van der Waals surface area contributed by atoms with Crippen LogP contribution in [0.3, 0.4) is 0 Å². The maximum atomic E-state index is 11.5. The van der Waals surface area contributed by atoms with Gasteiger partial charge in [-0.15, -0.1) is 5.10 Å². The molecular formula is C8H13N3O2S. The first-order valence-electron chi connectivity index (χ1n) is 4.52. The molecule has 0 saturated carbocycles. The monoisotopic (exact) mass is 215 g/mol. The van der Waals surface area contributed by atoms with Crippen LogP contribution in [0.2, 0.25) is 0 Å². The first-order chi connectivity index (χ1) is 6.79. The molecule has 14 heavy (non-hydrogen) atoms. The second-order valence-electron chi connectivity index (χ2n) is 2.66. The van der Waals surface area contributed by atoms with E-state index in [1.807, 2.05) is 6.92 Å². The van der Waals surface area contributed by atoms with Crippen molar-refractivity contribution in [1.82, 2.24) is 15.1 Å². The molecule has 0 aliphatic heterocycles. The Hall–Kier alpha value is -1.01. The maximum Gasteiger partial charge on any atom is 0.288 e. The van der Waals surface area contributed by atoms with E-state index in [2.05, 4.69) is 15.1 Å². The molecule has 0 spiro atoms. The molecule has 0 aliphatic carbocycles.